The van der Waals surface area contributed by atoms with Crippen molar-refractivity contribution in [1.29, 1.82) is 0 Å². The molecule has 102 valence electrons. The minimum Gasteiger partial charge on any atom is -0.272 e. The van der Waals surface area contributed by atoms with E-state index in [4.69, 9.17) is 34.8 Å². The minimum atomic E-state index is -2.95. The van der Waals surface area contributed by atoms with Gasteiger partial charge in [0.25, 0.3) is 5.91 Å². The van der Waals surface area contributed by atoms with Gasteiger partial charge in [-0.3, -0.25) is 9.69 Å². The highest BCUT2D eigenvalue weighted by Crippen LogP contribution is 2.36. The van der Waals surface area contributed by atoms with E-state index >= 15 is 0 Å². The van der Waals surface area contributed by atoms with E-state index in [2.05, 4.69) is 0 Å². The first-order valence-electron chi connectivity index (χ1n) is 5.23. The number of nitrogens with zero attached hydrogens (tertiary/aromatic N) is 2. The number of carbonyl (C=O) groups is 2. The van der Waals surface area contributed by atoms with Crippen LogP contribution in [0, 0.1) is 0 Å². The largest absolute Gasteiger partial charge is 0.341 e. The van der Waals surface area contributed by atoms with Crippen LogP contribution in [-0.4, -0.2) is 27.6 Å². The lowest BCUT2D eigenvalue weighted by Gasteiger charge is -2.24. The zero-order chi connectivity index (χ0) is 14.4. The normalized spacial score (nSPS) is 20.4. The van der Waals surface area contributed by atoms with Crippen LogP contribution in [-0.2, 0) is 4.79 Å². The first kappa shape index (κ1) is 14.4. The van der Waals surface area contributed by atoms with Crippen molar-refractivity contribution in [3.8, 4) is 0 Å². The van der Waals surface area contributed by atoms with E-state index in [-0.39, 0.29) is 5.69 Å². The lowest BCUT2D eigenvalue weighted by atomic mass is 10.2. The highest BCUT2D eigenvalue weighted by atomic mass is 35.5. The highest BCUT2D eigenvalue weighted by molar-refractivity contribution is 6.48. The lowest BCUT2D eigenvalue weighted by Crippen LogP contribution is -2.43. The van der Waals surface area contributed by atoms with Crippen LogP contribution in [0.3, 0.4) is 0 Å². The summed E-state index contributed by atoms with van der Waals surface area (Å²) in [6.07, 6.45) is 0. The molecule has 2 rings (SSSR count). The van der Waals surface area contributed by atoms with E-state index < -0.39 is 22.7 Å². The minimum absolute atomic E-state index is 0.270. The van der Waals surface area contributed by atoms with Gasteiger partial charge in [-0.05, 0) is 54.4 Å². The molecule has 0 radical (unpaired) electrons. The molecule has 1 atom stereocenters. The molecule has 1 heterocycles. The second kappa shape index (κ2) is 4.81. The summed E-state index contributed by atoms with van der Waals surface area (Å²) in [7, 11) is 0. The van der Waals surface area contributed by atoms with Crippen LogP contribution in [0.15, 0.2) is 24.3 Å². The molecule has 1 unspecified atom stereocenters. The molecule has 3 amide bonds. The number of rotatable bonds is 2. The Hall–Kier alpha value is -1.04. The summed E-state index contributed by atoms with van der Waals surface area (Å²) in [5, 5.41) is 0.447. The van der Waals surface area contributed by atoms with E-state index in [1.54, 1.807) is 0 Å². The van der Waals surface area contributed by atoms with Gasteiger partial charge in [0.2, 0.25) is 0 Å². The second-order valence-corrected chi connectivity index (χ2v) is 5.58. The quantitative estimate of drug-likeness (QED) is 0.474. The maximum Gasteiger partial charge on any atom is 0.341 e. The topological polar surface area (TPSA) is 40.6 Å². The number of hydrogen-bond acceptors (Lipinski definition) is 2. The number of amides is 3. The van der Waals surface area contributed by atoms with Crippen LogP contribution in [0.1, 0.15) is 6.92 Å². The number of alkyl halides is 3. The van der Waals surface area contributed by atoms with Gasteiger partial charge in [0.1, 0.15) is 6.04 Å². The van der Waals surface area contributed by atoms with Gasteiger partial charge in [-0.15, -0.1) is 0 Å². The first-order valence-corrected chi connectivity index (χ1v) is 6.36. The molecule has 8 heteroatoms. The summed E-state index contributed by atoms with van der Waals surface area (Å²) in [6.45, 7) is 1.34. The van der Waals surface area contributed by atoms with Gasteiger partial charge in [-0.25, -0.2) is 9.69 Å². The molecule has 0 spiro atoms. The van der Waals surface area contributed by atoms with Crippen molar-refractivity contribution in [2.45, 2.75) is 17.7 Å². The maximum absolute atomic E-state index is 13.6. The summed E-state index contributed by atoms with van der Waals surface area (Å²) in [5.74, 6) is -0.615. The van der Waals surface area contributed by atoms with E-state index in [0.29, 0.717) is 9.92 Å². The van der Waals surface area contributed by atoms with Crippen molar-refractivity contribution < 1.29 is 14.0 Å². The van der Waals surface area contributed by atoms with E-state index in [1.807, 2.05) is 0 Å². The number of imide groups is 1. The van der Waals surface area contributed by atoms with Gasteiger partial charge in [0.15, 0.2) is 0 Å². The predicted molar refractivity (Wildman–Crippen MR) is 71.2 cm³/mol. The number of halogens is 4. The first-order chi connectivity index (χ1) is 8.73. The van der Waals surface area contributed by atoms with Crippen molar-refractivity contribution >= 4 is 52.4 Å². The third-order valence-corrected chi connectivity index (χ3v) is 3.34. The van der Waals surface area contributed by atoms with E-state index in [9.17, 15) is 14.0 Å². The molecule has 19 heavy (non-hydrogen) atoms. The summed E-state index contributed by atoms with van der Waals surface area (Å²) >= 11 is 16.3. The molecule has 1 aromatic rings. The zero-order valence-electron chi connectivity index (χ0n) is 9.61. The molecule has 0 saturated carbocycles. The van der Waals surface area contributed by atoms with Crippen LogP contribution in [0.4, 0.5) is 14.9 Å². The highest BCUT2D eigenvalue weighted by Gasteiger charge is 2.52. The summed E-state index contributed by atoms with van der Waals surface area (Å²) < 4.78 is 10.6. The fraction of sp³-hybridized carbons (Fsp3) is 0.273. The third-order valence-electron chi connectivity index (χ3n) is 2.72. The van der Waals surface area contributed by atoms with Gasteiger partial charge >= 0.3 is 10.7 Å². The molecule has 0 aromatic heterocycles. The molecule has 1 aromatic carbocycles. The van der Waals surface area contributed by atoms with Gasteiger partial charge in [-0.2, -0.15) is 4.39 Å². The van der Waals surface area contributed by atoms with E-state index in [0.717, 1.165) is 4.90 Å². The molecule has 1 fully saturated rings. The molecule has 0 bridgehead atoms. The molecule has 1 saturated heterocycles. The standard InChI is InChI=1S/C11H8Cl3FN2O2/c1-6-9(18)16(8-4-2-7(12)3-5-8)10(19)17(6)11(13,14)15/h2-6H,1H3. The molecule has 0 aliphatic carbocycles. The lowest BCUT2D eigenvalue weighted by molar-refractivity contribution is -0.120. The van der Waals surface area contributed by atoms with Gasteiger partial charge in [0.05, 0.1) is 5.69 Å². The molecule has 1 aliphatic rings. The molecule has 4 nitrogen and oxygen atoms in total. The van der Waals surface area contributed by atoms with Crippen molar-refractivity contribution in [3.63, 3.8) is 0 Å². The van der Waals surface area contributed by atoms with Crippen molar-refractivity contribution in [1.82, 2.24) is 4.90 Å². The van der Waals surface area contributed by atoms with Crippen molar-refractivity contribution in [3.05, 3.63) is 29.3 Å². The summed E-state index contributed by atoms with van der Waals surface area (Å²) in [5.41, 5.74) is 0.270. The SMILES string of the molecule is CC1C(=O)N(c2ccc(Cl)cc2)C(=O)N1C(F)(Cl)Cl. The van der Waals surface area contributed by atoms with Gasteiger partial charge in [0, 0.05) is 5.02 Å². The number of hydrogen-bond donors (Lipinski definition) is 0. The fourth-order valence-electron chi connectivity index (χ4n) is 1.82. The van der Waals surface area contributed by atoms with Gasteiger partial charge < -0.3 is 0 Å². The maximum atomic E-state index is 13.6. The van der Waals surface area contributed by atoms with Crippen LogP contribution in [0.25, 0.3) is 0 Å². The number of carbonyl (C=O) groups excluding carboxylic acids is 2. The number of urea groups is 1. The molecule has 1 aliphatic heterocycles. The zero-order valence-corrected chi connectivity index (χ0v) is 11.9. The van der Waals surface area contributed by atoms with Crippen molar-refractivity contribution in [2.24, 2.45) is 0 Å². The van der Waals surface area contributed by atoms with Crippen LogP contribution in [0.5, 0.6) is 0 Å². The van der Waals surface area contributed by atoms with E-state index in [1.165, 1.54) is 31.2 Å². The Bertz CT molecular complexity index is 530. The smallest absolute Gasteiger partial charge is 0.272 e. The Labute approximate surface area is 123 Å². The van der Waals surface area contributed by atoms with Gasteiger partial charge in [-0.1, -0.05) is 11.6 Å². The Balaban J connectivity index is 2.41. The Morgan fingerprint density at radius 3 is 2.16 bits per heavy atom. The number of benzene rings is 1. The molecule has 0 N–H and O–H groups in total. The Morgan fingerprint density at radius 1 is 1.21 bits per heavy atom. The average Bonchev–Trinajstić information content (AvgIpc) is 2.51. The Morgan fingerprint density at radius 2 is 1.74 bits per heavy atom. The summed E-state index contributed by atoms with van der Waals surface area (Å²) in [4.78, 5) is 25.3. The molecular weight excluding hydrogens is 317 g/mol. The average molecular weight is 326 g/mol. The monoisotopic (exact) mass is 324 g/mol. The van der Waals surface area contributed by atoms with Crippen LogP contribution < -0.4 is 4.90 Å². The van der Waals surface area contributed by atoms with Crippen LogP contribution >= 0.6 is 34.8 Å². The predicted octanol–water partition coefficient (Wildman–Crippen LogP) is 3.56. The fourth-order valence-corrected chi connectivity index (χ4v) is 2.38. The van der Waals surface area contributed by atoms with Crippen molar-refractivity contribution in [2.75, 3.05) is 4.90 Å². The summed E-state index contributed by atoms with van der Waals surface area (Å²) in [6, 6.07) is 3.94. The Kier molecular flexibility index (Phi) is 3.64. The second-order valence-electron chi connectivity index (χ2n) is 3.95. The van der Waals surface area contributed by atoms with Crippen LogP contribution in [0.2, 0.25) is 5.02 Å². The number of anilines is 1. The molecular formula is C11H8Cl3FN2O2. The third kappa shape index (κ3) is 2.50.